The fourth-order valence-corrected chi connectivity index (χ4v) is 12.8. The molecule has 2 heterocycles. The molecule has 1 aliphatic rings. The molecule has 6 aromatic rings. The lowest BCUT2D eigenvalue weighted by Crippen LogP contribution is -2.73. The van der Waals surface area contributed by atoms with Crippen molar-refractivity contribution in [1.82, 2.24) is 9.55 Å². The molecule has 0 amide bonds. The van der Waals surface area contributed by atoms with E-state index >= 15 is 0 Å². The summed E-state index contributed by atoms with van der Waals surface area (Å²) in [6, 6.07) is 45.0. The average molecular weight is 561 g/mol. The molecule has 0 saturated heterocycles. The van der Waals surface area contributed by atoms with Crippen molar-refractivity contribution in [3.05, 3.63) is 145 Å². The molecule has 1 aromatic heterocycles. The Hall–Kier alpha value is -4.47. The Kier molecular flexibility index (Phi) is 6.55. The van der Waals surface area contributed by atoms with E-state index in [9.17, 15) is 0 Å². The maximum Gasteiger partial charge on any atom is 0.181 e. The number of hydrogen-bond acceptors (Lipinski definition) is 1. The first-order valence-corrected chi connectivity index (χ1v) is 17.0. The molecule has 0 N–H and O–H groups in total. The third-order valence-electron chi connectivity index (χ3n) is 8.89. The predicted molar refractivity (Wildman–Crippen MR) is 180 cm³/mol. The molecule has 5 aromatic carbocycles. The summed E-state index contributed by atoms with van der Waals surface area (Å²) in [7, 11) is -2.67. The van der Waals surface area contributed by atoms with Crippen molar-refractivity contribution in [2.24, 2.45) is 0 Å². The van der Waals surface area contributed by atoms with Crippen LogP contribution in [0.4, 0.5) is 0 Å². The van der Waals surface area contributed by atoms with E-state index < -0.39 is 8.07 Å². The Labute approximate surface area is 250 Å². The molecule has 7 rings (SSSR count). The van der Waals surface area contributed by atoms with Gasteiger partial charge in [-0.1, -0.05) is 143 Å². The van der Waals surface area contributed by atoms with Gasteiger partial charge in [-0.25, -0.2) is 4.98 Å². The van der Waals surface area contributed by atoms with Gasteiger partial charge in [0.15, 0.2) is 8.07 Å². The number of fused-ring (bicyclic) bond motifs is 3. The summed E-state index contributed by atoms with van der Waals surface area (Å²) in [6.07, 6.45) is 4.12. The van der Waals surface area contributed by atoms with Crippen LogP contribution in [0.3, 0.4) is 0 Å². The van der Waals surface area contributed by atoms with Crippen LogP contribution in [0.25, 0.3) is 28.2 Å². The highest BCUT2D eigenvalue weighted by Crippen LogP contribution is 2.40. The zero-order valence-corrected chi connectivity index (χ0v) is 25.8. The maximum absolute atomic E-state index is 4.92. The maximum atomic E-state index is 4.92. The average Bonchev–Trinajstić information content (AvgIpc) is 3.63. The van der Waals surface area contributed by atoms with E-state index in [2.05, 4.69) is 160 Å². The predicted octanol–water partition coefficient (Wildman–Crippen LogP) is 7.14. The Morgan fingerprint density at radius 2 is 1.19 bits per heavy atom. The highest BCUT2D eigenvalue weighted by Gasteiger charge is 2.51. The van der Waals surface area contributed by atoms with Crippen molar-refractivity contribution < 1.29 is 0 Å². The van der Waals surface area contributed by atoms with Gasteiger partial charge in [0.05, 0.1) is 5.69 Å². The quantitative estimate of drug-likeness (QED) is 0.198. The number of aromatic nitrogens is 2. The van der Waals surface area contributed by atoms with Crippen molar-refractivity contribution in [2.45, 2.75) is 39.5 Å². The largest absolute Gasteiger partial charge is 0.299 e. The second-order valence-corrected chi connectivity index (χ2v) is 15.7. The fourth-order valence-electron chi connectivity index (χ4n) is 7.21. The third kappa shape index (κ3) is 3.88. The molecule has 0 fully saturated rings. The molecule has 3 heteroatoms. The number of benzene rings is 5. The molecule has 2 nitrogen and oxygen atoms in total. The normalized spacial score (nSPS) is 13.4. The summed E-state index contributed by atoms with van der Waals surface area (Å²) in [5, 5.41) is 5.88. The lowest BCUT2D eigenvalue weighted by atomic mass is 9.88. The first-order chi connectivity index (χ1) is 20.5. The summed E-state index contributed by atoms with van der Waals surface area (Å²) in [4.78, 5) is 4.92. The van der Waals surface area contributed by atoms with Crippen LogP contribution in [0.2, 0.25) is 0 Å². The number of imidazole rings is 1. The Morgan fingerprint density at radius 3 is 1.79 bits per heavy atom. The van der Waals surface area contributed by atoms with Crippen LogP contribution in [-0.4, -0.2) is 17.6 Å². The van der Waals surface area contributed by atoms with Gasteiger partial charge in [0.2, 0.25) is 0 Å². The van der Waals surface area contributed by atoms with Gasteiger partial charge >= 0.3 is 0 Å². The Balaban J connectivity index is 1.69. The van der Waals surface area contributed by atoms with Crippen LogP contribution < -0.4 is 20.7 Å². The van der Waals surface area contributed by atoms with E-state index in [0.717, 1.165) is 11.4 Å². The van der Waals surface area contributed by atoms with E-state index in [-0.39, 0.29) is 0 Å². The van der Waals surface area contributed by atoms with Crippen molar-refractivity contribution >= 4 is 28.8 Å². The highest BCUT2D eigenvalue weighted by atomic mass is 28.3. The first-order valence-electron chi connectivity index (χ1n) is 15.0. The highest BCUT2D eigenvalue weighted by molar-refractivity contribution is 7.22. The standard InChI is InChI=1S/C39H36N2Si/c1-27(2)33-26-34-32-22-14-15-23-35(32)42(30-18-10-6-11-19-30,31-20-12-7-13-21-31)38(34)36(28(3)4)37(33)41-25-24-40-39(41)29-16-8-5-9-17-29/h5-28H,1-4H3. The number of rotatable bonds is 6. The minimum Gasteiger partial charge on any atom is -0.299 e. The minimum absolute atomic E-state index is 0.298. The minimum atomic E-state index is -2.67. The van der Waals surface area contributed by atoms with Crippen molar-refractivity contribution in [3.8, 4) is 28.2 Å². The fraction of sp³-hybridized carbons (Fsp3) is 0.154. The van der Waals surface area contributed by atoms with Crippen LogP contribution in [0.15, 0.2) is 134 Å². The van der Waals surface area contributed by atoms with Gasteiger partial charge in [-0.05, 0) is 60.9 Å². The van der Waals surface area contributed by atoms with E-state index in [1.165, 1.54) is 48.7 Å². The molecule has 42 heavy (non-hydrogen) atoms. The Morgan fingerprint density at radius 1 is 0.619 bits per heavy atom. The molecule has 0 unspecified atom stereocenters. The zero-order chi connectivity index (χ0) is 28.8. The zero-order valence-electron chi connectivity index (χ0n) is 24.8. The van der Waals surface area contributed by atoms with Crippen LogP contribution in [-0.2, 0) is 0 Å². The van der Waals surface area contributed by atoms with Crippen LogP contribution in [0, 0.1) is 0 Å². The molecule has 0 saturated carbocycles. The van der Waals surface area contributed by atoms with Crippen molar-refractivity contribution in [2.75, 3.05) is 0 Å². The van der Waals surface area contributed by atoms with Gasteiger partial charge in [0, 0.05) is 18.0 Å². The van der Waals surface area contributed by atoms with Crippen molar-refractivity contribution in [3.63, 3.8) is 0 Å². The van der Waals surface area contributed by atoms with Gasteiger partial charge < -0.3 is 0 Å². The lowest BCUT2D eigenvalue weighted by molar-refractivity contribution is 0.811. The molecule has 0 spiro atoms. The summed E-state index contributed by atoms with van der Waals surface area (Å²) < 4.78 is 2.37. The van der Waals surface area contributed by atoms with Gasteiger partial charge in [-0.15, -0.1) is 0 Å². The molecule has 1 aliphatic heterocycles. The number of nitrogens with zero attached hydrogens (tertiary/aromatic N) is 2. The topological polar surface area (TPSA) is 17.8 Å². The van der Waals surface area contributed by atoms with E-state index in [4.69, 9.17) is 4.98 Å². The Bertz CT molecular complexity index is 1830. The second-order valence-electron chi connectivity index (χ2n) is 12.0. The molecule has 206 valence electrons. The summed E-state index contributed by atoms with van der Waals surface area (Å²) >= 11 is 0. The number of hydrogen-bond donors (Lipinski definition) is 0. The smallest absolute Gasteiger partial charge is 0.181 e. The SMILES string of the molecule is CC(C)c1cc2c(c(C(C)C)c1-n1ccnc1-c1ccccc1)[Si](c1ccccc1)(c1ccccc1)c1ccccc1-2. The molecule has 0 bridgehead atoms. The third-order valence-corrected chi connectivity index (χ3v) is 13.8. The molecule has 0 radical (unpaired) electrons. The van der Waals surface area contributed by atoms with Gasteiger partial charge in [-0.2, -0.15) is 0 Å². The summed E-state index contributed by atoms with van der Waals surface area (Å²) in [6.45, 7) is 9.41. The van der Waals surface area contributed by atoms with E-state index in [0.29, 0.717) is 11.8 Å². The van der Waals surface area contributed by atoms with Gasteiger partial charge in [0.25, 0.3) is 0 Å². The van der Waals surface area contributed by atoms with Gasteiger partial charge in [0.1, 0.15) is 5.82 Å². The summed E-state index contributed by atoms with van der Waals surface area (Å²) in [5.41, 5.74) is 8.03. The summed E-state index contributed by atoms with van der Waals surface area (Å²) in [5.74, 6) is 1.62. The monoisotopic (exact) mass is 560 g/mol. The molecular weight excluding hydrogens is 525 g/mol. The van der Waals surface area contributed by atoms with Crippen LogP contribution >= 0.6 is 0 Å². The second kappa shape index (κ2) is 10.4. The van der Waals surface area contributed by atoms with Gasteiger partial charge in [-0.3, -0.25) is 4.57 Å². The first kappa shape index (κ1) is 26.4. The van der Waals surface area contributed by atoms with E-state index in [1.54, 1.807) is 0 Å². The molecule has 0 atom stereocenters. The van der Waals surface area contributed by atoms with Crippen molar-refractivity contribution in [1.29, 1.82) is 0 Å². The van der Waals surface area contributed by atoms with E-state index in [1.807, 2.05) is 6.20 Å². The van der Waals surface area contributed by atoms with Crippen LogP contribution in [0.1, 0.15) is 50.7 Å². The lowest BCUT2D eigenvalue weighted by Gasteiger charge is -2.35. The molecular formula is C39H36N2Si. The molecule has 0 aliphatic carbocycles. The van der Waals surface area contributed by atoms with Crippen LogP contribution in [0.5, 0.6) is 0 Å².